The molecule has 0 spiro atoms. The number of nitrogens with zero attached hydrogens (tertiary/aromatic N) is 1. The van der Waals surface area contributed by atoms with Crippen molar-refractivity contribution in [1.82, 2.24) is 9.97 Å². The Morgan fingerprint density at radius 1 is 0.610 bits per heavy atom. The molecule has 0 fully saturated rings. The van der Waals surface area contributed by atoms with Crippen LogP contribution in [0.3, 0.4) is 0 Å². The summed E-state index contributed by atoms with van der Waals surface area (Å²) in [5.74, 6) is 1.19. The van der Waals surface area contributed by atoms with E-state index in [1.165, 1.54) is 27.7 Å². The Kier molecular flexibility index (Phi) is 9.31. The van der Waals surface area contributed by atoms with Crippen LogP contribution in [0.4, 0.5) is 0 Å². The minimum Gasteiger partial charge on any atom is -1.00 e. The largest absolute Gasteiger partial charge is 1.00 e. The highest BCUT2D eigenvalue weighted by molar-refractivity contribution is 8.04. The average molecular weight is 636 g/mol. The monoisotopic (exact) mass is 634 g/mol. The van der Waals surface area contributed by atoms with E-state index in [9.17, 15) is 4.79 Å². The number of Topliss-reactive ketones (excluding diaryl/α,β-unsaturated/α-hetero) is 1. The zero-order chi connectivity index (χ0) is 27.2. The molecule has 1 aromatic heterocycles. The van der Waals surface area contributed by atoms with Crippen LogP contribution in [0.25, 0.3) is 11.4 Å². The summed E-state index contributed by atoms with van der Waals surface area (Å²) in [7, 11) is -2.42. The van der Waals surface area contributed by atoms with E-state index < -0.39 is 7.26 Å². The minimum atomic E-state index is -2.42. The number of thioether (sulfide) groups is 1. The fraction of sp³-hybridized carbons (Fsp3) is 0.0286. The van der Waals surface area contributed by atoms with Crippen molar-refractivity contribution in [1.29, 1.82) is 0 Å². The van der Waals surface area contributed by atoms with Crippen LogP contribution in [0.2, 0.25) is 0 Å². The van der Waals surface area contributed by atoms with Crippen molar-refractivity contribution in [2.45, 2.75) is 5.03 Å². The summed E-state index contributed by atoms with van der Waals surface area (Å²) in [5, 5.41) is 4.54. The second-order valence-electron chi connectivity index (χ2n) is 9.36. The van der Waals surface area contributed by atoms with E-state index in [0.717, 1.165) is 21.8 Å². The molecule has 3 nitrogen and oxygen atoms in total. The van der Waals surface area contributed by atoms with E-state index >= 15 is 0 Å². The molecule has 0 bridgehead atoms. The third kappa shape index (κ3) is 5.85. The summed E-state index contributed by atoms with van der Waals surface area (Å²) >= 11 is 1.51. The van der Waals surface area contributed by atoms with E-state index in [-0.39, 0.29) is 22.8 Å². The molecule has 1 heterocycles. The molecular weight excluding hydrogens is 607 g/mol. The lowest BCUT2D eigenvalue weighted by molar-refractivity contribution is -0.0000154. The molecule has 0 aliphatic heterocycles. The van der Waals surface area contributed by atoms with Gasteiger partial charge in [0.25, 0.3) is 0 Å². The van der Waals surface area contributed by atoms with Crippen molar-refractivity contribution < 1.29 is 21.8 Å². The first-order valence-electron chi connectivity index (χ1n) is 13.2. The van der Waals surface area contributed by atoms with Crippen LogP contribution < -0.4 is 38.3 Å². The first-order valence-corrected chi connectivity index (χ1v) is 16.0. The number of nitrogens with one attached hydrogen (secondary N) is 1. The van der Waals surface area contributed by atoms with Gasteiger partial charge in [-0.15, -0.1) is 0 Å². The van der Waals surface area contributed by atoms with E-state index in [4.69, 9.17) is 4.98 Å². The van der Waals surface area contributed by atoms with Gasteiger partial charge in [0, 0.05) is 11.1 Å². The molecular formula is C35H28BrN2OPS. The second kappa shape index (κ2) is 13.3. The fourth-order valence-electron chi connectivity index (χ4n) is 5.04. The third-order valence-corrected chi connectivity index (χ3v) is 12.2. The number of imidazole rings is 1. The van der Waals surface area contributed by atoms with E-state index in [1.54, 1.807) is 0 Å². The maximum absolute atomic E-state index is 13.2. The SMILES string of the molecule is O=C(CSc1nc(-c2ccccc2)[nH]c1[P+](c1ccccc1)(c1ccccc1)c1ccccc1)c1ccccc1.[Br-]. The molecule has 202 valence electrons. The first kappa shape index (κ1) is 28.8. The summed E-state index contributed by atoms with van der Waals surface area (Å²) in [4.78, 5) is 22.2. The van der Waals surface area contributed by atoms with E-state index in [0.29, 0.717) is 11.3 Å². The summed E-state index contributed by atoms with van der Waals surface area (Å²) in [6.45, 7) is 0. The molecule has 0 saturated heterocycles. The average Bonchev–Trinajstić information content (AvgIpc) is 3.47. The lowest BCUT2D eigenvalue weighted by Gasteiger charge is -2.26. The molecule has 0 atom stereocenters. The molecule has 6 aromatic rings. The Labute approximate surface area is 256 Å². The molecule has 6 heteroatoms. The van der Waals surface area contributed by atoms with Crippen molar-refractivity contribution in [2.75, 3.05) is 5.75 Å². The van der Waals surface area contributed by atoms with Gasteiger partial charge in [0.15, 0.2) is 18.1 Å². The van der Waals surface area contributed by atoms with Gasteiger partial charge in [0.05, 0.1) is 5.75 Å². The highest BCUT2D eigenvalue weighted by Crippen LogP contribution is 2.55. The van der Waals surface area contributed by atoms with Crippen LogP contribution in [0, 0.1) is 0 Å². The van der Waals surface area contributed by atoms with Gasteiger partial charge in [0.1, 0.15) is 21.7 Å². The lowest BCUT2D eigenvalue weighted by atomic mass is 10.2. The fourth-order valence-corrected chi connectivity index (χ4v) is 10.6. The maximum Gasteiger partial charge on any atom is 0.210 e. The summed E-state index contributed by atoms with van der Waals surface area (Å²) in [6.07, 6.45) is 0. The summed E-state index contributed by atoms with van der Waals surface area (Å²) in [6, 6.07) is 51.8. The van der Waals surface area contributed by atoms with Crippen LogP contribution in [0.15, 0.2) is 157 Å². The van der Waals surface area contributed by atoms with Crippen molar-refractivity contribution in [2.24, 2.45) is 0 Å². The number of hydrogen-bond acceptors (Lipinski definition) is 3. The lowest BCUT2D eigenvalue weighted by Crippen LogP contribution is -3.00. The number of aromatic nitrogens is 2. The number of H-pyrrole nitrogens is 1. The number of ketones is 1. The highest BCUT2D eigenvalue weighted by Gasteiger charge is 2.51. The van der Waals surface area contributed by atoms with Crippen molar-refractivity contribution >= 4 is 46.2 Å². The smallest absolute Gasteiger partial charge is 0.210 e. The first-order chi connectivity index (χ1) is 19.8. The zero-order valence-electron chi connectivity index (χ0n) is 22.2. The molecule has 0 saturated carbocycles. The van der Waals surface area contributed by atoms with Crippen molar-refractivity contribution in [3.8, 4) is 11.4 Å². The topological polar surface area (TPSA) is 45.8 Å². The molecule has 0 amide bonds. The molecule has 6 rings (SSSR count). The quantitative estimate of drug-likeness (QED) is 0.150. The van der Waals surface area contributed by atoms with Gasteiger partial charge >= 0.3 is 0 Å². The molecule has 0 radical (unpaired) electrons. The molecule has 1 N–H and O–H groups in total. The molecule has 0 aliphatic carbocycles. The molecule has 0 unspecified atom stereocenters. The Bertz CT molecular complexity index is 1600. The normalized spacial score (nSPS) is 11.0. The number of aromatic amines is 1. The summed E-state index contributed by atoms with van der Waals surface area (Å²) in [5.41, 5.74) is 2.78. The number of carbonyl (C=O) groups excluding carboxylic acids is 1. The standard InChI is InChI=1S/C35H28N2OPS.BrH/c38-32(27-16-6-1-7-17-27)26-40-35-34(36-33(37-35)28-18-8-2-9-19-28)39(29-20-10-3-11-21-29,30-22-12-4-13-23-30)31-24-14-5-15-25-31;/h1-25H,26H2,(H,36,37);1H/q+1;/p-1. The molecule has 0 aliphatic rings. The van der Waals surface area contributed by atoms with Gasteiger partial charge in [-0.05, 0) is 36.4 Å². The zero-order valence-corrected chi connectivity index (χ0v) is 25.5. The van der Waals surface area contributed by atoms with Gasteiger partial charge < -0.3 is 22.0 Å². The minimum absolute atomic E-state index is 0. The van der Waals surface area contributed by atoms with E-state index in [1.807, 2.05) is 48.5 Å². The maximum atomic E-state index is 13.2. The van der Waals surface area contributed by atoms with Gasteiger partial charge in [-0.1, -0.05) is 127 Å². The van der Waals surface area contributed by atoms with Crippen molar-refractivity contribution in [3.05, 3.63) is 157 Å². The summed E-state index contributed by atoms with van der Waals surface area (Å²) < 4.78 is 0. The van der Waals surface area contributed by atoms with Gasteiger partial charge in [-0.3, -0.25) is 4.79 Å². The van der Waals surface area contributed by atoms with Crippen molar-refractivity contribution in [3.63, 3.8) is 0 Å². The van der Waals surface area contributed by atoms with E-state index in [2.05, 4.69) is 108 Å². The van der Waals surface area contributed by atoms with Crippen LogP contribution in [-0.4, -0.2) is 21.5 Å². The van der Waals surface area contributed by atoms with Crippen LogP contribution in [-0.2, 0) is 0 Å². The highest BCUT2D eigenvalue weighted by atomic mass is 79.9. The third-order valence-electron chi connectivity index (χ3n) is 6.90. The Morgan fingerprint density at radius 2 is 1.02 bits per heavy atom. The van der Waals surface area contributed by atoms with Gasteiger partial charge in [-0.25, -0.2) is 4.98 Å². The van der Waals surface area contributed by atoms with Crippen LogP contribution in [0.1, 0.15) is 10.4 Å². The predicted molar refractivity (Wildman–Crippen MR) is 170 cm³/mol. The molecule has 5 aromatic carbocycles. The van der Waals surface area contributed by atoms with Gasteiger partial charge in [-0.2, -0.15) is 0 Å². The van der Waals surface area contributed by atoms with Crippen LogP contribution >= 0.6 is 19.0 Å². The Hall–Kier alpha value is -3.76. The number of rotatable bonds is 9. The number of halogens is 1. The Morgan fingerprint density at radius 3 is 1.49 bits per heavy atom. The number of hydrogen-bond donors (Lipinski definition) is 1. The van der Waals surface area contributed by atoms with Crippen LogP contribution in [0.5, 0.6) is 0 Å². The number of carbonyl (C=O) groups is 1. The number of benzene rings is 5. The predicted octanol–water partition coefficient (Wildman–Crippen LogP) is 3.68. The van der Waals surface area contributed by atoms with Gasteiger partial charge in [0.2, 0.25) is 5.44 Å². The molecule has 41 heavy (non-hydrogen) atoms. The second-order valence-corrected chi connectivity index (χ2v) is 13.7. The Balaban J connectivity index is 0.00000337.